The quantitative estimate of drug-likeness (QED) is 0.576. The maximum Gasteiger partial charge on any atom is 0.328 e. The molecule has 0 aliphatic rings. The number of rotatable bonds is 8. The van der Waals surface area contributed by atoms with Crippen LogP contribution in [0, 0.1) is 0 Å². The van der Waals surface area contributed by atoms with Crippen LogP contribution in [-0.2, 0) is 9.53 Å². The summed E-state index contributed by atoms with van der Waals surface area (Å²) in [5, 5.41) is 11.5. The van der Waals surface area contributed by atoms with E-state index in [1.54, 1.807) is 13.2 Å². The SMILES string of the molecule is CCCC(COC)NC/C=C/C(=O)O. The number of methoxy groups -OCH3 is 1. The number of hydrogen-bond acceptors (Lipinski definition) is 3. The minimum absolute atomic E-state index is 0.309. The Labute approximate surface area is 85.0 Å². The van der Waals surface area contributed by atoms with Crippen molar-refractivity contribution in [3.05, 3.63) is 12.2 Å². The molecule has 1 atom stereocenters. The summed E-state index contributed by atoms with van der Waals surface area (Å²) in [6.45, 7) is 3.34. The average molecular weight is 201 g/mol. The number of carboxylic acids is 1. The summed E-state index contributed by atoms with van der Waals surface area (Å²) in [4.78, 5) is 10.2. The Kier molecular flexibility index (Phi) is 8.17. The first-order valence-corrected chi connectivity index (χ1v) is 4.82. The predicted molar refractivity (Wildman–Crippen MR) is 55.4 cm³/mol. The van der Waals surface area contributed by atoms with E-state index in [0.29, 0.717) is 19.2 Å². The van der Waals surface area contributed by atoms with E-state index in [1.807, 2.05) is 0 Å². The fourth-order valence-corrected chi connectivity index (χ4v) is 1.19. The molecule has 0 aliphatic carbocycles. The molecule has 1 unspecified atom stereocenters. The van der Waals surface area contributed by atoms with Gasteiger partial charge in [-0.2, -0.15) is 0 Å². The van der Waals surface area contributed by atoms with Crippen molar-refractivity contribution in [2.75, 3.05) is 20.3 Å². The van der Waals surface area contributed by atoms with Gasteiger partial charge < -0.3 is 15.2 Å². The van der Waals surface area contributed by atoms with Crippen molar-refractivity contribution in [1.82, 2.24) is 5.32 Å². The molecule has 82 valence electrons. The molecule has 0 spiro atoms. The zero-order valence-corrected chi connectivity index (χ0v) is 8.82. The number of carbonyl (C=O) groups is 1. The van der Waals surface area contributed by atoms with E-state index >= 15 is 0 Å². The highest BCUT2D eigenvalue weighted by atomic mass is 16.5. The second kappa shape index (κ2) is 8.72. The summed E-state index contributed by atoms with van der Waals surface area (Å²) in [6, 6.07) is 0.309. The van der Waals surface area contributed by atoms with Gasteiger partial charge in [0.1, 0.15) is 0 Å². The van der Waals surface area contributed by atoms with Crippen LogP contribution in [0.2, 0.25) is 0 Å². The van der Waals surface area contributed by atoms with E-state index < -0.39 is 5.97 Å². The molecule has 0 aromatic heterocycles. The molecule has 0 radical (unpaired) electrons. The Hall–Kier alpha value is -0.870. The molecule has 0 bridgehead atoms. The van der Waals surface area contributed by atoms with Gasteiger partial charge >= 0.3 is 5.97 Å². The molecule has 4 heteroatoms. The van der Waals surface area contributed by atoms with Crippen molar-refractivity contribution in [1.29, 1.82) is 0 Å². The molecule has 0 aliphatic heterocycles. The third-order valence-corrected chi connectivity index (χ3v) is 1.79. The van der Waals surface area contributed by atoms with Gasteiger partial charge in [-0.25, -0.2) is 4.79 Å². The standard InChI is InChI=1S/C10H19NO3/c1-3-5-9(8-14-2)11-7-4-6-10(12)13/h4,6,9,11H,3,5,7-8H2,1-2H3,(H,12,13)/b6-4+. The van der Waals surface area contributed by atoms with Gasteiger partial charge in [-0.15, -0.1) is 0 Å². The minimum atomic E-state index is -0.911. The maximum absolute atomic E-state index is 10.2. The molecular weight excluding hydrogens is 182 g/mol. The minimum Gasteiger partial charge on any atom is -0.478 e. The van der Waals surface area contributed by atoms with Gasteiger partial charge in [0.2, 0.25) is 0 Å². The maximum atomic E-state index is 10.2. The first-order valence-electron chi connectivity index (χ1n) is 4.82. The number of carboxylic acid groups (broad SMARTS) is 1. The van der Waals surface area contributed by atoms with Crippen LogP contribution in [0.4, 0.5) is 0 Å². The molecule has 0 fully saturated rings. The zero-order chi connectivity index (χ0) is 10.8. The Morgan fingerprint density at radius 1 is 1.64 bits per heavy atom. The summed E-state index contributed by atoms with van der Waals surface area (Å²) in [5.41, 5.74) is 0. The van der Waals surface area contributed by atoms with Crippen LogP contribution < -0.4 is 5.32 Å². The van der Waals surface area contributed by atoms with E-state index in [-0.39, 0.29) is 0 Å². The van der Waals surface area contributed by atoms with Gasteiger partial charge in [0.15, 0.2) is 0 Å². The molecule has 0 saturated carbocycles. The first kappa shape index (κ1) is 13.1. The fourth-order valence-electron chi connectivity index (χ4n) is 1.19. The van der Waals surface area contributed by atoms with E-state index in [4.69, 9.17) is 9.84 Å². The van der Waals surface area contributed by atoms with Gasteiger partial charge in [-0.3, -0.25) is 0 Å². The van der Waals surface area contributed by atoms with Crippen molar-refractivity contribution in [2.24, 2.45) is 0 Å². The molecule has 0 heterocycles. The zero-order valence-electron chi connectivity index (χ0n) is 8.82. The Balaban J connectivity index is 3.64. The van der Waals surface area contributed by atoms with Gasteiger partial charge in [0.25, 0.3) is 0 Å². The van der Waals surface area contributed by atoms with Gasteiger partial charge in [0, 0.05) is 25.8 Å². The van der Waals surface area contributed by atoms with Crippen molar-refractivity contribution in [3.8, 4) is 0 Å². The fraction of sp³-hybridized carbons (Fsp3) is 0.700. The van der Waals surface area contributed by atoms with Crippen LogP contribution in [0.15, 0.2) is 12.2 Å². The van der Waals surface area contributed by atoms with Gasteiger partial charge in [-0.1, -0.05) is 19.4 Å². The lowest BCUT2D eigenvalue weighted by Gasteiger charge is -2.15. The molecular formula is C10H19NO3. The summed E-state index contributed by atoms with van der Waals surface area (Å²) in [7, 11) is 1.66. The smallest absolute Gasteiger partial charge is 0.328 e. The Morgan fingerprint density at radius 3 is 2.86 bits per heavy atom. The highest BCUT2D eigenvalue weighted by Crippen LogP contribution is 1.96. The lowest BCUT2D eigenvalue weighted by atomic mass is 10.2. The summed E-state index contributed by atoms with van der Waals surface area (Å²) in [5.74, 6) is -0.911. The van der Waals surface area contributed by atoms with Crippen LogP contribution in [0.1, 0.15) is 19.8 Å². The average Bonchev–Trinajstić information content (AvgIpc) is 2.12. The summed E-state index contributed by atoms with van der Waals surface area (Å²) >= 11 is 0. The summed E-state index contributed by atoms with van der Waals surface area (Å²) in [6.07, 6.45) is 4.86. The van der Waals surface area contributed by atoms with Crippen molar-refractivity contribution in [2.45, 2.75) is 25.8 Å². The number of aliphatic carboxylic acids is 1. The molecule has 0 aromatic carbocycles. The molecule has 0 saturated heterocycles. The van der Waals surface area contributed by atoms with Crippen molar-refractivity contribution in [3.63, 3.8) is 0 Å². The normalized spacial score (nSPS) is 13.3. The first-order chi connectivity index (χ1) is 6.70. The third kappa shape index (κ3) is 7.76. The number of ether oxygens (including phenoxy) is 1. The third-order valence-electron chi connectivity index (χ3n) is 1.79. The molecule has 0 rings (SSSR count). The predicted octanol–water partition coefficient (Wildman–Crippen LogP) is 1.03. The summed E-state index contributed by atoms with van der Waals surface area (Å²) < 4.78 is 5.03. The highest BCUT2D eigenvalue weighted by Gasteiger charge is 2.04. The van der Waals surface area contributed by atoms with Crippen LogP contribution in [-0.4, -0.2) is 37.4 Å². The number of nitrogens with one attached hydrogen (secondary N) is 1. The lowest BCUT2D eigenvalue weighted by Crippen LogP contribution is -2.33. The molecule has 0 amide bonds. The molecule has 4 nitrogen and oxygen atoms in total. The Bertz CT molecular complexity index is 174. The van der Waals surface area contributed by atoms with Crippen molar-refractivity contribution < 1.29 is 14.6 Å². The Morgan fingerprint density at radius 2 is 2.36 bits per heavy atom. The van der Waals surface area contributed by atoms with E-state index in [2.05, 4.69) is 12.2 Å². The van der Waals surface area contributed by atoms with Crippen LogP contribution in [0.25, 0.3) is 0 Å². The largest absolute Gasteiger partial charge is 0.478 e. The van der Waals surface area contributed by atoms with E-state index in [9.17, 15) is 4.79 Å². The molecule has 14 heavy (non-hydrogen) atoms. The molecule has 2 N–H and O–H groups in total. The van der Waals surface area contributed by atoms with Crippen LogP contribution in [0.5, 0.6) is 0 Å². The van der Waals surface area contributed by atoms with E-state index in [0.717, 1.165) is 18.9 Å². The van der Waals surface area contributed by atoms with Gasteiger partial charge in [0.05, 0.1) is 6.61 Å². The van der Waals surface area contributed by atoms with Gasteiger partial charge in [-0.05, 0) is 6.42 Å². The van der Waals surface area contributed by atoms with E-state index in [1.165, 1.54) is 0 Å². The monoisotopic (exact) mass is 201 g/mol. The van der Waals surface area contributed by atoms with Crippen molar-refractivity contribution >= 4 is 5.97 Å². The molecule has 0 aromatic rings. The topological polar surface area (TPSA) is 58.6 Å². The van der Waals surface area contributed by atoms with Crippen LogP contribution in [0.3, 0.4) is 0 Å². The second-order valence-electron chi connectivity index (χ2n) is 3.09. The van der Waals surface area contributed by atoms with Crippen LogP contribution >= 0.6 is 0 Å². The second-order valence-corrected chi connectivity index (χ2v) is 3.09. The lowest BCUT2D eigenvalue weighted by molar-refractivity contribution is -0.131. The number of hydrogen-bond donors (Lipinski definition) is 2. The highest BCUT2D eigenvalue weighted by molar-refractivity contribution is 5.79.